The molecular weight excluding hydrogens is 352 g/mol. The Morgan fingerprint density at radius 3 is 2.43 bits per heavy atom. The summed E-state index contributed by atoms with van der Waals surface area (Å²) in [6.45, 7) is 2.10. The molecule has 5 rings (SSSR count). The molecule has 0 N–H and O–H groups in total. The molecule has 2 aromatic carbocycles. The molecule has 0 aromatic heterocycles. The number of fused-ring (bicyclic) bond motifs is 4. The summed E-state index contributed by atoms with van der Waals surface area (Å²) in [5.41, 5.74) is 1.71. The molecule has 0 saturated carbocycles. The van der Waals surface area contributed by atoms with Crippen molar-refractivity contribution in [2.45, 2.75) is 25.3 Å². The third kappa shape index (κ3) is 3.88. The van der Waals surface area contributed by atoms with Crippen LogP contribution in [0.1, 0.15) is 28.8 Å². The third-order valence-corrected chi connectivity index (χ3v) is 5.86. The van der Waals surface area contributed by atoms with Crippen molar-refractivity contribution in [1.82, 2.24) is 9.80 Å². The Kier molecular flexibility index (Phi) is 5.33. The number of nitrogens with zero attached hydrogens (tertiary/aromatic N) is 2. The number of piperidine rings is 1. The van der Waals surface area contributed by atoms with Gasteiger partial charge in [-0.2, -0.15) is 0 Å². The van der Waals surface area contributed by atoms with Crippen LogP contribution < -0.4 is 4.74 Å². The van der Waals surface area contributed by atoms with Gasteiger partial charge < -0.3 is 14.5 Å². The predicted octanol–water partition coefficient (Wildman–Crippen LogP) is 3.00. The van der Waals surface area contributed by atoms with Crippen molar-refractivity contribution in [3.63, 3.8) is 0 Å². The maximum Gasteiger partial charge on any atom is 0.253 e. The lowest BCUT2D eigenvalue weighted by Gasteiger charge is -2.36. The average molecular weight is 378 g/mol. The van der Waals surface area contributed by atoms with Crippen molar-refractivity contribution in [2.75, 3.05) is 26.7 Å². The molecule has 2 bridgehead atoms. The van der Waals surface area contributed by atoms with Crippen LogP contribution in [0.15, 0.2) is 54.6 Å². The molecule has 3 saturated heterocycles. The first-order valence-corrected chi connectivity index (χ1v) is 9.91. The van der Waals surface area contributed by atoms with Crippen LogP contribution in [0.25, 0.3) is 0 Å². The maximum atomic E-state index is 13.0. The van der Waals surface area contributed by atoms with Crippen molar-refractivity contribution in [1.29, 1.82) is 0 Å². The van der Waals surface area contributed by atoms with Crippen LogP contribution in [0.4, 0.5) is 0 Å². The van der Waals surface area contributed by atoms with E-state index in [0.717, 1.165) is 42.8 Å². The molecule has 3 fully saturated rings. The molecule has 0 radical (unpaired) electrons. The summed E-state index contributed by atoms with van der Waals surface area (Å²) in [5, 5.41) is 0. The van der Waals surface area contributed by atoms with E-state index in [9.17, 15) is 9.59 Å². The minimum Gasteiger partial charge on any atom is -0.497 e. The average Bonchev–Trinajstić information content (AvgIpc) is 3.06. The van der Waals surface area contributed by atoms with Crippen LogP contribution in [0.5, 0.6) is 5.75 Å². The molecule has 5 nitrogen and oxygen atoms in total. The molecule has 3 aliphatic heterocycles. The van der Waals surface area contributed by atoms with Gasteiger partial charge in [0.15, 0.2) is 0 Å². The molecule has 2 atom stereocenters. The van der Waals surface area contributed by atoms with E-state index in [1.54, 1.807) is 7.11 Å². The zero-order valence-corrected chi connectivity index (χ0v) is 16.2. The van der Waals surface area contributed by atoms with Crippen LogP contribution in [-0.4, -0.2) is 54.4 Å². The van der Waals surface area contributed by atoms with Gasteiger partial charge in [-0.3, -0.25) is 9.59 Å². The fourth-order valence-corrected chi connectivity index (χ4v) is 4.34. The summed E-state index contributed by atoms with van der Waals surface area (Å²) < 4.78 is 5.19. The van der Waals surface area contributed by atoms with Crippen LogP contribution in [-0.2, 0) is 11.2 Å². The van der Waals surface area contributed by atoms with Gasteiger partial charge in [0.25, 0.3) is 5.91 Å². The highest BCUT2D eigenvalue weighted by Crippen LogP contribution is 2.29. The SMILES string of the molecule is COc1ccc(CC(=O)N2C[C@H]3CC[C@@H]2CN(C(=O)c2ccccc2)C3)cc1. The zero-order valence-electron chi connectivity index (χ0n) is 16.2. The number of ether oxygens (including phenoxy) is 1. The minimum atomic E-state index is 0.0713. The van der Waals surface area contributed by atoms with Crippen LogP contribution in [0, 0.1) is 5.92 Å². The van der Waals surface area contributed by atoms with Crippen molar-refractivity contribution >= 4 is 11.8 Å². The number of carbonyl (C=O) groups is 2. The first-order chi connectivity index (χ1) is 13.6. The highest BCUT2D eigenvalue weighted by Gasteiger charge is 2.38. The molecule has 3 aliphatic rings. The number of hydrogen-bond acceptors (Lipinski definition) is 3. The fraction of sp³-hybridized carbons (Fsp3) is 0.391. The molecule has 3 heterocycles. The number of benzene rings is 2. The minimum absolute atomic E-state index is 0.0713. The van der Waals surface area contributed by atoms with Gasteiger partial charge in [-0.25, -0.2) is 0 Å². The summed E-state index contributed by atoms with van der Waals surface area (Å²) in [5.74, 6) is 1.36. The Morgan fingerprint density at radius 1 is 0.964 bits per heavy atom. The lowest BCUT2D eigenvalue weighted by atomic mass is 9.94. The molecular formula is C23H26N2O3. The summed E-state index contributed by atoms with van der Waals surface area (Å²) >= 11 is 0. The van der Waals surface area contributed by atoms with Gasteiger partial charge in [0, 0.05) is 31.2 Å². The highest BCUT2D eigenvalue weighted by molar-refractivity contribution is 5.94. The molecule has 0 spiro atoms. The molecule has 5 heteroatoms. The van der Waals surface area contributed by atoms with Crippen LogP contribution in [0.3, 0.4) is 0 Å². The van der Waals surface area contributed by atoms with Gasteiger partial charge in [0.05, 0.1) is 13.5 Å². The van der Waals surface area contributed by atoms with Gasteiger partial charge in [-0.05, 0) is 48.6 Å². The van der Waals surface area contributed by atoms with Gasteiger partial charge in [-0.1, -0.05) is 30.3 Å². The van der Waals surface area contributed by atoms with E-state index in [4.69, 9.17) is 4.74 Å². The largest absolute Gasteiger partial charge is 0.497 e. The maximum absolute atomic E-state index is 13.0. The van der Waals surface area contributed by atoms with E-state index in [0.29, 0.717) is 18.9 Å². The zero-order chi connectivity index (χ0) is 19.5. The first kappa shape index (κ1) is 18.5. The molecule has 0 unspecified atom stereocenters. The summed E-state index contributed by atoms with van der Waals surface area (Å²) in [4.78, 5) is 29.9. The first-order valence-electron chi connectivity index (χ1n) is 9.91. The van der Waals surface area contributed by atoms with Crippen molar-refractivity contribution in [3.05, 3.63) is 65.7 Å². The number of carbonyl (C=O) groups excluding carboxylic acids is 2. The second kappa shape index (κ2) is 8.05. The normalized spacial score (nSPS) is 21.3. The van der Waals surface area contributed by atoms with Crippen molar-refractivity contribution < 1.29 is 14.3 Å². The number of rotatable bonds is 4. The van der Waals surface area contributed by atoms with Crippen LogP contribution >= 0.6 is 0 Å². The second-order valence-corrected chi connectivity index (χ2v) is 7.74. The van der Waals surface area contributed by atoms with Crippen LogP contribution in [0.2, 0.25) is 0 Å². The summed E-state index contributed by atoms with van der Waals surface area (Å²) in [6, 6.07) is 17.2. The molecule has 2 amide bonds. The van der Waals surface area contributed by atoms with Gasteiger partial charge in [0.2, 0.25) is 5.91 Å². The summed E-state index contributed by atoms with van der Waals surface area (Å²) in [6.07, 6.45) is 2.44. The lowest BCUT2D eigenvalue weighted by Crippen LogP contribution is -2.48. The third-order valence-electron chi connectivity index (χ3n) is 5.86. The monoisotopic (exact) mass is 378 g/mol. The number of methoxy groups -OCH3 is 1. The predicted molar refractivity (Wildman–Crippen MR) is 107 cm³/mol. The van der Waals surface area contributed by atoms with E-state index in [-0.39, 0.29) is 17.9 Å². The molecule has 2 aromatic rings. The highest BCUT2D eigenvalue weighted by atomic mass is 16.5. The number of hydrogen-bond donors (Lipinski definition) is 0. The molecule has 146 valence electrons. The Hall–Kier alpha value is -2.82. The topological polar surface area (TPSA) is 49.9 Å². The fourth-order valence-electron chi connectivity index (χ4n) is 4.34. The molecule has 28 heavy (non-hydrogen) atoms. The smallest absolute Gasteiger partial charge is 0.253 e. The Labute approximate surface area is 165 Å². The van der Waals surface area contributed by atoms with E-state index < -0.39 is 0 Å². The van der Waals surface area contributed by atoms with Crippen molar-refractivity contribution in [2.24, 2.45) is 5.92 Å². The Morgan fingerprint density at radius 2 is 1.71 bits per heavy atom. The van der Waals surface area contributed by atoms with Crippen molar-refractivity contribution in [3.8, 4) is 5.75 Å². The number of amides is 2. The van der Waals surface area contributed by atoms with E-state index in [2.05, 4.69) is 0 Å². The molecule has 0 aliphatic carbocycles. The Balaban J connectivity index is 1.45. The Bertz CT molecular complexity index is 835. The van der Waals surface area contributed by atoms with Gasteiger partial charge in [-0.15, -0.1) is 0 Å². The summed E-state index contributed by atoms with van der Waals surface area (Å²) in [7, 11) is 1.64. The standard InChI is InChI=1S/C23H26N2O3/c1-28-21-11-8-17(9-12-21)13-22(26)25-15-18-7-10-20(25)16-24(14-18)23(27)19-5-3-2-4-6-19/h2-6,8-9,11-12,18,20H,7,10,13-16H2,1H3/t18-,20+/m0/s1. The van der Waals surface area contributed by atoms with Gasteiger partial charge >= 0.3 is 0 Å². The lowest BCUT2D eigenvalue weighted by molar-refractivity contribution is -0.134. The van der Waals surface area contributed by atoms with Gasteiger partial charge in [0.1, 0.15) is 5.75 Å². The van der Waals surface area contributed by atoms with E-state index in [1.807, 2.05) is 64.4 Å². The van der Waals surface area contributed by atoms with E-state index in [1.165, 1.54) is 0 Å². The second-order valence-electron chi connectivity index (χ2n) is 7.74. The van der Waals surface area contributed by atoms with E-state index >= 15 is 0 Å². The quantitative estimate of drug-likeness (QED) is 0.822.